The van der Waals surface area contributed by atoms with Crippen molar-refractivity contribution in [3.63, 3.8) is 0 Å². The standard InChI is InChI=1S/C17H18F2N2O3/c1-3-14(12-9-11(18)6-7-13(12)19)21-16(22)10(2)20-17(23)15-5-4-8-24-15/h4-10,14H,3H2,1-2H3,(H,20,23)(H,21,22)/t10-,14+/m1/s1. The SMILES string of the molecule is CC[C@H](NC(=O)[C@@H](C)NC(=O)c1ccco1)c1cc(F)ccc1F. The first-order valence-corrected chi connectivity index (χ1v) is 7.52. The molecule has 2 aromatic rings. The third-order valence-electron chi connectivity index (χ3n) is 3.54. The fourth-order valence-electron chi connectivity index (χ4n) is 2.22. The molecule has 0 saturated heterocycles. The molecule has 2 N–H and O–H groups in total. The van der Waals surface area contributed by atoms with Crippen molar-refractivity contribution >= 4 is 11.8 Å². The highest BCUT2D eigenvalue weighted by Gasteiger charge is 2.22. The number of amides is 2. The van der Waals surface area contributed by atoms with Gasteiger partial charge in [-0.15, -0.1) is 0 Å². The van der Waals surface area contributed by atoms with Gasteiger partial charge in [-0.25, -0.2) is 8.78 Å². The van der Waals surface area contributed by atoms with Crippen LogP contribution in [-0.2, 0) is 4.79 Å². The molecule has 1 heterocycles. The van der Waals surface area contributed by atoms with E-state index in [-0.39, 0.29) is 11.3 Å². The molecule has 2 amide bonds. The van der Waals surface area contributed by atoms with Crippen molar-refractivity contribution in [1.29, 1.82) is 0 Å². The second kappa shape index (κ2) is 7.72. The summed E-state index contributed by atoms with van der Waals surface area (Å²) in [5.41, 5.74) is 0.0652. The largest absolute Gasteiger partial charge is 0.459 e. The molecule has 7 heteroatoms. The predicted molar refractivity (Wildman–Crippen MR) is 83.2 cm³/mol. The van der Waals surface area contributed by atoms with Crippen molar-refractivity contribution in [3.8, 4) is 0 Å². The number of carbonyl (C=O) groups is 2. The van der Waals surface area contributed by atoms with Gasteiger partial charge in [0.05, 0.1) is 12.3 Å². The number of furan rings is 1. The lowest BCUT2D eigenvalue weighted by molar-refractivity contribution is -0.123. The first-order chi connectivity index (χ1) is 11.4. The zero-order valence-electron chi connectivity index (χ0n) is 13.3. The van der Waals surface area contributed by atoms with Crippen LogP contribution < -0.4 is 10.6 Å². The maximum absolute atomic E-state index is 13.9. The molecule has 5 nitrogen and oxygen atoms in total. The van der Waals surface area contributed by atoms with Crippen LogP contribution in [0.4, 0.5) is 8.78 Å². The van der Waals surface area contributed by atoms with Crippen molar-refractivity contribution in [2.45, 2.75) is 32.4 Å². The molecule has 24 heavy (non-hydrogen) atoms. The second-order valence-corrected chi connectivity index (χ2v) is 5.31. The maximum atomic E-state index is 13.9. The van der Waals surface area contributed by atoms with Crippen LogP contribution in [0, 0.1) is 11.6 Å². The number of hydrogen-bond acceptors (Lipinski definition) is 3. The normalized spacial score (nSPS) is 13.2. The number of carbonyl (C=O) groups excluding carboxylic acids is 2. The summed E-state index contributed by atoms with van der Waals surface area (Å²) < 4.78 is 32.1. The Labute approximate surface area is 138 Å². The minimum atomic E-state index is -0.867. The molecule has 0 fully saturated rings. The quantitative estimate of drug-likeness (QED) is 0.852. The van der Waals surface area contributed by atoms with Crippen molar-refractivity contribution in [3.05, 3.63) is 59.6 Å². The highest BCUT2D eigenvalue weighted by atomic mass is 19.1. The van der Waals surface area contributed by atoms with Crippen LogP contribution in [-0.4, -0.2) is 17.9 Å². The number of benzene rings is 1. The highest BCUT2D eigenvalue weighted by Crippen LogP contribution is 2.21. The minimum Gasteiger partial charge on any atom is -0.459 e. The van der Waals surface area contributed by atoms with E-state index >= 15 is 0 Å². The Morgan fingerprint density at radius 3 is 2.58 bits per heavy atom. The molecule has 0 unspecified atom stereocenters. The van der Waals surface area contributed by atoms with E-state index in [2.05, 4.69) is 10.6 Å². The van der Waals surface area contributed by atoms with E-state index in [4.69, 9.17) is 4.42 Å². The van der Waals surface area contributed by atoms with Gasteiger partial charge in [0.25, 0.3) is 5.91 Å². The lowest BCUT2D eigenvalue weighted by Gasteiger charge is -2.21. The fourth-order valence-corrected chi connectivity index (χ4v) is 2.22. The Kier molecular flexibility index (Phi) is 5.68. The fraction of sp³-hybridized carbons (Fsp3) is 0.294. The first-order valence-electron chi connectivity index (χ1n) is 7.52. The zero-order valence-corrected chi connectivity index (χ0v) is 13.3. The molecule has 1 aromatic carbocycles. The molecule has 2 atom stereocenters. The van der Waals surface area contributed by atoms with Crippen LogP contribution in [0.5, 0.6) is 0 Å². The molecule has 0 saturated carbocycles. The third-order valence-corrected chi connectivity index (χ3v) is 3.54. The summed E-state index contributed by atoms with van der Waals surface area (Å²) in [5.74, 6) is -2.15. The van der Waals surface area contributed by atoms with Crippen LogP contribution in [0.15, 0.2) is 41.0 Å². The zero-order chi connectivity index (χ0) is 17.7. The minimum absolute atomic E-state index is 0.0652. The molecular weight excluding hydrogens is 318 g/mol. The average Bonchev–Trinajstić information content (AvgIpc) is 3.09. The van der Waals surface area contributed by atoms with Gasteiger partial charge in [0.15, 0.2) is 5.76 Å². The number of rotatable bonds is 6. The summed E-state index contributed by atoms with van der Waals surface area (Å²) >= 11 is 0. The van der Waals surface area contributed by atoms with E-state index in [1.807, 2.05) is 0 Å². The highest BCUT2D eigenvalue weighted by molar-refractivity contribution is 5.95. The van der Waals surface area contributed by atoms with E-state index in [9.17, 15) is 18.4 Å². The smallest absolute Gasteiger partial charge is 0.287 e. The Bertz CT molecular complexity index is 717. The molecule has 128 valence electrons. The van der Waals surface area contributed by atoms with Crippen molar-refractivity contribution in [2.75, 3.05) is 0 Å². The van der Waals surface area contributed by atoms with Crippen molar-refractivity contribution in [2.24, 2.45) is 0 Å². The van der Waals surface area contributed by atoms with Gasteiger partial charge >= 0.3 is 0 Å². The van der Waals surface area contributed by atoms with E-state index in [0.29, 0.717) is 6.42 Å². The van der Waals surface area contributed by atoms with Gasteiger partial charge in [0, 0.05) is 5.56 Å². The lowest BCUT2D eigenvalue weighted by Crippen LogP contribution is -2.45. The summed E-state index contributed by atoms with van der Waals surface area (Å²) in [6.07, 6.45) is 1.71. The predicted octanol–water partition coefficient (Wildman–Crippen LogP) is 2.94. The van der Waals surface area contributed by atoms with E-state index in [1.54, 1.807) is 13.0 Å². The van der Waals surface area contributed by atoms with E-state index in [0.717, 1.165) is 18.2 Å². The average molecular weight is 336 g/mol. The Morgan fingerprint density at radius 1 is 1.21 bits per heavy atom. The summed E-state index contributed by atoms with van der Waals surface area (Å²) in [6, 6.07) is 4.54. The molecule has 0 aliphatic rings. The Balaban J connectivity index is 2.03. The molecule has 0 aliphatic heterocycles. The molecule has 0 spiro atoms. The number of nitrogens with one attached hydrogen (secondary N) is 2. The summed E-state index contributed by atoms with van der Waals surface area (Å²) in [6.45, 7) is 3.23. The second-order valence-electron chi connectivity index (χ2n) is 5.31. The van der Waals surface area contributed by atoms with Crippen LogP contribution >= 0.6 is 0 Å². The van der Waals surface area contributed by atoms with E-state index in [1.165, 1.54) is 19.3 Å². The molecule has 1 aromatic heterocycles. The van der Waals surface area contributed by atoms with Crippen LogP contribution in [0.1, 0.15) is 42.4 Å². The van der Waals surface area contributed by atoms with Crippen molar-refractivity contribution in [1.82, 2.24) is 10.6 Å². The Hall–Kier alpha value is -2.70. The van der Waals surface area contributed by atoms with Crippen molar-refractivity contribution < 1.29 is 22.8 Å². The molecule has 0 bridgehead atoms. The van der Waals surface area contributed by atoms with Gasteiger partial charge in [-0.3, -0.25) is 9.59 Å². The Morgan fingerprint density at radius 2 is 1.96 bits per heavy atom. The van der Waals surface area contributed by atoms with Crippen LogP contribution in [0.3, 0.4) is 0 Å². The summed E-state index contributed by atoms with van der Waals surface area (Å²) in [5, 5.41) is 5.09. The first kappa shape index (κ1) is 17.7. The maximum Gasteiger partial charge on any atom is 0.287 e. The summed E-state index contributed by atoms with van der Waals surface area (Å²) in [7, 11) is 0. The third kappa shape index (κ3) is 4.18. The summed E-state index contributed by atoms with van der Waals surface area (Å²) in [4.78, 5) is 24.1. The van der Waals surface area contributed by atoms with E-state index < -0.39 is 35.5 Å². The van der Waals surface area contributed by atoms with Gasteiger partial charge < -0.3 is 15.1 Å². The molecule has 0 radical (unpaired) electrons. The van der Waals surface area contributed by atoms with Gasteiger partial charge in [-0.05, 0) is 43.7 Å². The number of hydrogen-bond donors (Lipinski definition) is 2. The molecule has 0 aliphatic carbocycles. The molecular formula is C17H18F2N2O3. The van der Waals surface area contributed by atoms with Gasteiger partial charge in [0.2, 0.25) is 5.91 Å². The van der Waals surface area contributed by atoms with Gasteiger partial charge in [-0.1, -0.05) is 6.92 Å². The van der Waals surface area contributed by atoms with Crippen LogP contribution in [0.25, 0.3) is 0 Å². The van der Waals surface area contributed by atoms with Gasteiger partial charge in [0.1, 0.15) is 17.7 Å². The monoisotopic (exact) mass is 336 g/mol. The van der Waals surface area contributed by atoms with Crippen LogP contribution in [0.2, 0.25) is 0 Å². The number of halogens is 2. The lowest BCUT2D eigenvalue weighted by atomic mass is 10.0. The topological polar surface area (TPSA) is 71.3 Å². The van der Waals surface area contributed by atoms with Gasteiger partial charge in [-0.2, -0.15) is 0 Å². The molecule has 2 rings (SSSR count).